The lowest BCUT2D eigenvalue weighted by Crippen LogP contribution is -2.14. The normalized spacial score (nSPS) is 11.1. The molecule has 0 atom stereocenters. The number of rotatable bonds is 5. The predicted molar refractivity (Wildman–Crippen MR) is 91.2 cm³/mol. The van der Waals surface area contributed by atoms with E-state index in [0.29, 0.717) is 17.3 Å². The molecular formula is C17H14FN3O3S. The van der Waals surface area contributed by atoms with Crippen molar-refractivity contribution in [1.29, 1.82) is 0 Å². The van der Waals surface area contributed by atoms with Gasteiger partial charge >= 0.3 is 0 Å². The summed E-state index contributed by atoms with van der Waals surface area (Å²) in [6, 6.07) is 15.1. The van der Waals surface area contributed by atoms with E-state index in [-0.39, 0.29) is 0 Å². The molecular weight excluding hydrogens is 345 g/mol. The van der Waals surface area contributed by atoms with E-state index in [2.05, 4.69) is 14.9 Å². The van der Waals surface area contributed by atoms with Gasteiger partial charge < -0.3 is 4.74 Å². The zero-order chi connectivity index (χ0) is 17.9. The van der Waals surface area contributed by atoms with Gasteiger partial charge in [-0.1, -0.05) is 24.3 Å². The van der Waals surface area contributed by atoms with E-state index in [4.69, 9.17) is 4.74 Å². The number of halogens is 1. The Bertz CT molecular complexity index is 975. The highest BCUT2D eigenvalue weighted by Crippen LogP contribution is 2.22. The zero-order valence-corrected chi connectivity index (χ0v) is 14.0. The Morgan fingerprint density at radius 3 is 2.28 bits per heavy atom. The van der Waals surface area contributed by atoms with Gasteiger partial charge in [-0.3, -0.25) is 4.72 Å². The Morgan fingerprint density at radius 1 is 0.960 bits per heavy atom. The molecule has 3 aromatic rings. The molecule has 0 saturated heterocycles. The number of methoxy groups -OCH3 is 1. The van der Waals surface area contributed by atoms with E-state index in [1.54, 1.807) is 36.4 Å². The second-order valence-corrected chi connectivity index (χ2v) is 6.73. The van der Waals surface area contributed by atoms with Crippen molar-refractivity contribution in [3.8, 4) is 17.1 Å². The van der Waals surface area contributed by atoms with Gasteiger partial charge in [0.1, 0.15) is 10.7 Å². The second-order valence-electron chi connectivity index (χ2n) is 5.07. The minimum Gasteiger partial charge on any atom is -0.480 e. The summed E-state index contributed by atoms with van der Waals surface area (Å²) in [5, 5.41) is 7.90. The molecule has 0 fully saturated rings. The minimum atomic E-state index is -4.00. The quantitative estimate of drug-likeness (QED) is 0.757. The van der Waals surface area contributed by atoms with Gasteiger partial charge in [0.05, 0.1) is 12.8 Å². The van der Waals surface area contributed by atoms with Crippen LogP contribution in [0.4, 0.5) is 10.1 Å². The van der Waals surface area contributed by atoms with Gasteiger partial charge in [0.15, 0.2) is 0 Å². The van der Waals surface area contributed by atoms with Gasteiger partial charge in [-0.05, 0) is 30.3 Å². The molecule has 0 radical (unpaired) electrons. The molecule has 0 aliphatic rings. The summed E-state index contributed by atoms with van der Waals surface area (Å²) in [5.74, 6) is -0.404. The molecule has 128 valence electrons. The minimum absolute atomic E-state index is 0.313. The molecule has 25 heavy (non-hydrogen) atoms. The van der Waals surface area contributed by atoms with Crippen molar-refractivity contribution >= 4 is 15.7 Å². The molecule has 0 saturated carbocycles. The number of nitrogens with one attached hydrogen (secondary N) is 1. The van der Waals surface area contributed by atoms with Gasteiger partial charge in [0.2, 0.25) is 5.88 Å². The van der Waals surface area contributed by atoms with Gasteiger partial charge in [0.25, 0.3) is 10.0 Å². The van der Waals surface area contributed by atoms with Crippen molar-refractivity contribution in [2.45, 2.75) is 4.90 Å². The van der Waals surface area contributed by atoms with Crippen LogP contribution in [0.1, 0.15) is 0 Å². The van der Waals surface area contributed by atoms with Crippen LogP contribution in [-0.4, -0.2) is 25.7 Å². The largest absolute Gasteiger partial charge is 0.480 e. The van der Waals surface area contributed by atoms with Crippen molar-refractivity contribution in [3.05, 3.63) is 66.5 Å². The van der Waals surface area contributed by atoms with Crippen molar-refractivity contribution in [2.75, 3.05) is 11.8 Å². The topological polar surface area (TPSA) is 81.2 Å². The average Bonchev–Trinajstić information content (AvgIpc) is 2.62. The third-order valence-electron chi connectivity index (χ3n) is 3.41. The lowest BCUT2D eigenvalue weighted by molar-refractivity contribution is 0.392. The molecule has 0 aliphatic carbocycles. The number of anilines is 1. The molecule has 3 rings (SSSR count). The molecule has 2 aromatic carbocycles. The number of benzene rings is 2. The summed E-state index contributed by atoms with van der Waals surface area (Å²) in [5.41, 5.74) is 1.68. The fourth-order valence-electron chi connectivity index (χ4n) is 2.16. The fraction of sp³-hybridized carbons (Fsp3) is 0.0588. The third-order valence-corrected chi connectivity index (χ3v) is 4.82. The fourth-order valence-corrected chi connectivity index (χ4v) is 3.30. The highest BCUT2D eigenvalue weighted by atomic mass is 32.2. The summed E-state index contributed by atoms with van der Waals surface area (Å²) < 4.78 is 45.5. The molecule has 0 amide bonds. The molecule has 0 unspecified atom stereocenters. The molecule has 1 N–H and O–H groups in total. The van der Waals surface area contributed by atoms with Crippen LogP contribution in [0, 0.1) is 5.82 Å². The standard InChI is InChI=1S/C17H14FN3O3S/c1-24-17-11-10-15(19-20-17)12-6-8-13(9-7-12)21-25(22,23)16-5-3-2-4-14(16)18/h2-11,21H,1H3. The van der Waals surface area contributed by atoms with E-state index in [1.165, 1.54) is 25.3 Å². The number of hydrogen-bond donors (Lipinski definition) is 1. The molecule has 0 bridgehead atoms. The molecule has 1 aromatic heterocycles. The number of hydrogen-bond acceptors (Lipinski definition) is 5. The summed E-state index contributed by atoms with van der Waals surface area (Å²) in [7, 11) is -2.50. The first kappa shape index (κ1) is 16.8. The highest BCUT2D eigenvalue weighted by molar-refractivity contribution is 7.92. The Kier molecular flexibility index (Phi) is 4.62. The smallest absolute Gasteiger partial charge is 0.264 e. The molecule has 8 heteroatoms. The van der Waals surface area contributed by atoms with Crippen molar-refractivity contribution < 1.29 is 17.5 Å². The van der Waals surface area contributed by atoms with Crippen molar-refractivity contribution in [2.24, 2.45) is 0 Å². The maximum absolute atomic E-state index is 13.7. The van der Waals surface area contributed by atoms with Crippen LogP contribution in [0.3, 0.4) is 0 Å². The number of nitrogens with zero attached hydrogens (tertiary/aromatic N) is 2. The molecule has 0 spiro atoms. The van der Waals surface area contributed by atoms with E-state index >= 15 is 0 Å². The lowest BCUT2D eigenvalue weighted by Gasteiger charge is -2.09. The number of sulfonamides is 1. The Balaban J connectivity index is 1.81. The molecule has 1 heterocycles. The van der Waals surface area contributed by atoms with E-state index < -0.39 is 20.7 Å². The summed E-state index contributed by atoms with van der Waals surface area (Å²) in [6.07, 6.45) is 0. The first-order valence-electron chi connectivity index (χ1n) is 7.25. The van der Waals surface area contributed by atoms with Gasteiger partial charge in [0, 0.05) is 17.3 Å². The van der Waals surface area contributed by atoms with E-state index in [0.717, 1.165) is 11.6 Å². The summed E-state index contributed by atoms with van der Waals surface area (Å²) >= 11 is 0. The Morgan fingerprint density at radius 2 is 1.68 bits per heavy atom. The van der Waals surface area contributed by atoms with Crippen LogP contribution < -0.4 is 9.46 Å². The highest BCUT2D eigenvalue weighted by Gasteiger charge is 2.18. The first-order chi connectivity index (χ1) is 12.0. The van der Waals surface area contributed by atoms with Crippen LogP contribution >= 0.6 is 0 Å². The SMILES string of the molecule is COc1ccc(-c2ccc(NS(=O)(=O)c3ccccc3F)cc2)nn1. The van der Waals surface area contributed by atoms with E-state index in [9.17, 15) is 12.8 Å². The monoisotopic (exact) mass is 359 g/mol. The third kappa shape index (κ3) is 3.74. The van der Waals surface area contributed by atoms with Gasteiger partial charge in [-0.2, -0.15) is 0 Å². The van der Waals surface area contributed by atoms with Crippen molar-refractivity contribution in [3.63, 3.8) is 0 Å². The summed E-state index contributed by atoms with van der Waals surface area (Å²) in [6.45, 7) is 0. The Labute approximate surface area is 144 Å². The zero-order valence-electron chi connectivity index (χ0n) is 13.2. The van der Waals surface area contributed by atoms with Crippen LogP contribution in [0.15, 0.2) is 65.6 Å². The lowest BCUT2D eigenvalue weighted by atomic mass is 10.1. The maximum Gasteiger partial charge on any atom is 0.264 e. The maximum atomic E-state index is 13.7. The first-order valence-corrected chi connectivity index (χ1v) is 8.73. The number of aromatic nitrogens is 2. The van der Waals surface area contributed by atoms with E-state index in [1.807, 2.05) is 0 Å². The van der Waals surface area contributed by atoms with Crippen LogP contribution in [0.5, 0.6) is 5.88 Å². The second kappa shape index (κ2) is 6.86. The van der Waals surface area contributed by atoms with Crippen LogP contribution in [-0.2, 0) is 10.0 Å². The number of ether oxygens (including phenoxy) is 1. The molecule has 6 nitrogen and oxygen atoms in total. The van der Waals surface area contributed by atoms with Gasteiger partial charge in [-0.25, -0.2) is 12.8 Å². The average molecular weight is 359 g/mol. The van der Waals surface area contributed by atoms with Crippen LogP contribution in [0.2, 0.25) is 0 Å². The summed E-state index contributed by atoms with van der Waals surface area (Å²) in [4.78, 5) is -0.403. The van der Waals surface area contributed by atoms with Crippen molar-refractivity contribution in [1.82, 2.24) is 10.2 Å². The predicted octanol–water partition coefficient (Wildman–Crippen LogP) is 3.09. The van der Waals surface area contributed by atoms with Crippen LogP contribution in [0.25, 0.3) is 11.3 Å². The Hall–Kier alpha value is -3.00. The van der Waals surface area contributed by atoms with Gasteiger partial charge in [-0.15, -0.1) is 10.2 Å². The molecule has 0 aliphatic heterocycles.